The summed E-state index contributed by atoms with van der Waals surface area (Å²) < 4.78 is 11.7. The second-order valence-corrected chi connectivity index (χ2v) is 12.7. The maximum atomic E-state index is 14.0. The van der Waals surface area contributed by atoms with E-state index in [0.717, 1.165) is 50.0 Å². The third-order valence-corrected chi connectivity index (χ3v) is 9.35. The van der Waals surface area contributed by atoms with Crippen LogP contribution in [0.1, 0.15) is 51.2 Å². The number of benzene rings is 2. The molecule has 2 fully saturated rings. The molecule has 2 aromatic rings. The molecule has 1 aliphatic carbocycles. The standard InChI is InChI=1S/C33H42Cl2N2O4/c1-6-13-36-14-12-33(25-8-7-9-27(17-25)41-23(4)38)19-26(18-31(40-5)28(33)21-36)37(20-22(2)3)32(39)16-24-10-11-29(34)30(35)15-24/h6-11,15,17,22,26,28,31H,1,12-14,16,18-21H2,2-5H3. The van der Waals surface area contributed by atoms with Crippen molar-refractivity contribution in [2.45, 2.75) is 64.0 Å². The Kier molecular flexibility index (Phi) is 10.6. The van der Waals surface area contributed by atoms with E-state index in [1.165, 1.54) is 6.92 Å². The van der Waals surface area contributed by atoms with Crippen molar-refractivity contribution >= 4 is 35.1 Å². The predicted molar refractivity (Wildman–Crippen MR) is 165 cm³/mol. The molecule has 0 radical (unpaired) electrons. The number of likely N-dealkylation sites (tertiary alicyclic amines) is 1. The van der Waals surface area contributed by atoms with Crippen LogP contribution in [0.2, 0.25) is 10.0 Å². The summed E-state index contributed by atoms with van der Waals surface area (Å²) in [6.07, 6.45) is 4.63. The topological polar surface area (TPSA) is 59.1 Å². The molecule has 0 aromatic heterocycles. The fraction of sp³-hybridized carbons (Fsp3) is 0.515. The van der Waals surface area contributed by atoms with Crippen molar-refractivity contribution in [3.05, 3.63) is 76.3 Å². The minimum Gasteiger partial charge on any atom is -0.427 e. The Balaban J connectivity index is 1.73. The first-order chi connectivity index (χ1) is 19.6. The Hall–Kier alpha value is -2.38. The maximum absolute atomic E-state index is 14.0. The molecule has 2 aliphatic rings. The number of piperidine rings is 1. The zero-order valence-corrected chi connectivity index (χ0v) is 26.1. The van der Waals surface area contributed by atoms with Crippen molar-refractivity contribution in [1.29, 1.82) is 0 Å². The summed E-state index contributed by atoms with van der Waals surface area (Å²) in [5, 5.41) is 0.925. The van der Waals surface area contributed by atoms with E-state index in [1.54, 1.807) is 19.2 Å². The quantitative estimate of drug-likeness (QED) is 0.175. The van der Waals surface area contributed by atoms with Gasteiger partial charge in [-0.15, -0.1) is 6.58 Å². The molecular weight excluding hydrogens is 559 g/mol. The van der Waals surface area contributed by atoms with Crippen LogP contribution in [-0.2, 0) is 26.2 Å². The van der Waals surface area contributed by atoms with Crippen LogP contribution in [0.4, 0.5) is 0 Å². The molecule has 4 unspecified atom stereocenters. The van der Waals surface area contributed by atoms with Crippen LogP contribution in [-0.4, -0.2) is 67.1 Å². The molecule has 1 saturated heterocycles. The Morgan fingerprint density at radius 1 is 1.20 bits per heavy atom. The number of esters is 1. The normalized spacial score (nSPS) is 24.5. The minimum absolute atomic E-state index is 0.0165. The lowest BCUT2D eigenvalue weighted by Gasteiger charge is -2.57. The van der Waals surface area contributed by atoms with Gasteiger partial charge in [0.15, 0.2) is 0 Å². The molecular formula is C33H42Cl2N2O4. The van der Waals surface area contributed by atoms with Gasteiger partial charge in [-0.25, -0.2) is 0 Å². The number of carbonyl (C=O) groups excluding carboxylic acids is 2. The molecule has 0 spiro atoms. The van der Waals surface area contributed by atoms with Crippen molar-refractivity contribution in [3.63, 3.8) is 0 Å². The van der Waals surface area contributed by atoms with Gasteiger partial charge in [0.1, 0.15) is 5.75 Å². The van der Waals surface area contributed by atoms with Crippen molar-refractivity contribution < 1.29 is 19.1 Å². The van der Waals surface area contributed by atoms with E-state index < -0.39 is 0 Å². The zero-order chi connectivity index (χ0) is 29.7. The molecule has 1 amide bonds. The molecule has 4 atom stereocenters. The van der Waals surface area contributed by atoms with Gasteiger partial charge in [-0.3, -0.25) is 14.5 Å². The van der Waals surface area contributed by atoms with Gasteiger partial charge in [0.25, 0.3) is 0 Å². The van der Waals surface area contributed by atoms with Gasteiger partial charge in [-0.1, -0.05) is 61.3 Å². The van der Waals surface area contributed by atoms with Crippen molar-refractivity contribution in [2.75, 3.05) is 33.3 Å². The maximum Gasteiger partial charge on any atom is 0.308 e. The first-order valence-electron chi connectivity index (χ1n) is 14.4. The third-order valence-electron chi connectivity index (χ3n) is 8.61. The van der Waals surface area contributed by atoms with E-state index in [1.807, 2.05) is 30.3 Å². The third kappa shape index (κ3) is 7.34. The Morgan fingerprint density at radius 3 is 2.63 bits per heavy atom. The van der Waals surface area contributed by atoms with Gasteiger partial charge in [0.2, 0.25) is 5.91 Å². The number of nitrogens with zero attached hydrogens (tertiary/aromatic N) is 2. The summed E-state index contributed by atoms with van der Waals surface area (Å²) in [5.41, 5.74) is 1.72. The molecule has 0 N–H and O–H groups in total. The number of hydrogen-bond donors (Lipinski definition) is 0. The second-order valence-electron chi connectivity index (χ2n) is 11.9. The number of rotatable bonds is 10. The van der Waals surface area contributed by atoms with Gasteiger partial charge in [-0.2, -0.15) is 0 Å². The molecule has 6 nitrogen and oxygen atoms in total. The van der Waals surface area contributed by atoms with Crippen molar-refractivity contribution in [2.24, 2.45) is 11.8 Å². The van der Waals surface area contributed by atoms with Gasteiger partial charge >= 0.3 is 5.97 Å². The number of hydrogen-bond acceptors (Lipinski definition) is 5. The lowest BCUT2D eigenvalue weighted by Crippen LogP contribution is -2.62. The van der Waals surface area contributed by atoms with E-state index in [-0.39, 0.29) is 41.8 Å². The van der Waals surface area contributed by atoms with E-state index >= 15 is 0 Å². The molecule has 0 bridgehead atoms. The molecule has 41 heavy (non-hydrogen) atoms. The highest BCUT2D eigenvalue weighted by Gasteiger charge is 2.53. The Labute approximate surface area is 254 Å². The Morgan fingerprint density at radius 2 is 1.98 bits per heavy atom. The smallest absolute Gasteiger partial charge is 0.308 e. The summed E-state index contributed by atoms with van der Waals surface area (Å²) in [5.74, 6) is 0.773. The molecule has 2 aromatic carbocycles. The fourth-order valence-electron chi connectivity index (χ4n) is 6.88. The highest BCUT2D eigenvalue weighted by molar-refractivity contribution is 6.42. The van der Waals surface area contributed by atoms with E-state index in [9.17, 15) is 9.59 Å². The summed E-state index contributed by atoms with van der Waals surface area (Å²) in [6, 6.07) is 13.3. The molecule has 1 aliphatic heterocycles. The first-order valence-corrected chi connectivity index (χ1v) is 15.2. The highest BCUT2D eigenvalue weighted by atomic mass is 35.5. The van der Waals surface area contributed by atoms with E-state index in [4.69, 9.17) is 32.7 Å². The largest absolute Gasteiger partial charge is 0.427 e. The zero-order valence-electron chi connectivity index (χ0n) is 24.6. The van der Waals surface area contributed by atoms with Crippen LogP contribution in [0.25, 0.3) is 0 Å². The minimum atomic E-state index is -0.343. The molecule has 222 valence electrons. The van der Waals surface area contributed by atoms with Gasteiger partial charge in [-0.05, 0) is 67.1 Å². The van der Waals surface area contributed by atoms with Crippen LogP contribution in [0.15, 0.2) is 55.1 Å². The van der Waals surface area contributed by atoms with Crippen LogP contribution >= 0.6 is 23.2 Å². The SMILES string of the molecule is C=CCN1CCC2(c3cccc(OC(C)=O)c3)CC(N(CC(C)C)C(=O)Cc3ccc(Cl)c(Cl)c3)CC(OC)C2C1. The molecule has 8 heteroatoms. The van der Waals surface area contributed by atoms with Crippen LogP contribution < -0.4 is 4.74 Å². The number of halogens is 2. The van der Waals surface area contributed by atoms with Gasteiger partial charge < -0.3 is 14.4 Å². The summed E-state index contributed by atoms with van der Waals surface area (Å²) >= 11 is 12.4. The van der Waals surface area contributed by atoms with E-state index in [2.05, 4.69) is 36.3 Å². The van der Waals surface area contributed by atoms with Crippen LogP contribution in [0, 0.1) is 11.8 Å². The van der Waals surface area contributed by atoms with Crippen molar-refractivity contribution in [3.8, 4) is 5.75 Å². The lowest BCUT2D eigenvalue weighted by atomic mass is 9.56. The Bertz CT molecular complexity index is 1250. The van der Waals surface area contributed by atoms with Crippen LogP contribution in [0.5, 0.6) is 5.75 Å². The van der Waals surface area contributed by atoms with Gasteiger partial charge in [0.05, 0.1) is 22.6 Å². The summed E-state index contributed by atoms with van der Waals surface area (Å²) in [6.45, 7) is 12.9. The van der Waals surface area contributed by atoms with Gasteiger partial charge in [0, 0.05) is 51.0 Å². The lowest BCUT2D eigenvalue weighted by molar-refractivity contribution is -0.140. The average Bonchev–Trinajstić information content (AvgIpc) is 2.93. The number of methoxy groups -OCH3 is 1. The number of fused-ring (bicyclic) bond motifs is 1. The fourth-order valence-corrected chi connectivity index (χ4v) is 7.20. The predicted octanol–water partition coefficient (Wildman–Crippen LogP) is 6.57. The first kappa shape index (κ1) is 31.6. The number of ether oxygens (including phenoxy) is 2. The highest BCUT2D eigenvalue weighted by Crippen LogP contribution is 2.51. The monoisotopic (exact) mass is 600 g/mol. The number of carbonyl (C=O) groups is 2. The van der Waals surface area contributed by atoms with E-state index in [0.29, 0.717) is 28.3 Å². The molecule has 4 rings (SSSR count). The van der Waals surface area contributed by atoms with Crippen molar-refractivity contribution in [1.82, 2.24) is 9.80 Å². The average molecular weight is 602 g/mol. The molecule has 1 saturated carbocycles. The number of amides is 1. The van der Waals surface area contributed by atoms with Crippen LogP contribution in [0.3, 0.4) is 0 Å². The molecule has 1 heterocycles. The summed E-state index contributed by atoms with van der Waals surface area (Å²) in [4.78, 5) is 30.3. The second kappa shape index (κ2) is 13.7. The summed E-state index contributed by atoms with van der Waals surface area (Å²) in [7, 11) is 1.78.